The third kappa shape index (κ3) is 6.29. The molecule has 3 rings (SSSR count). The molecule has 0 spiro atoms. The molecular weight excluding hydrogens is 398 g/mol. The fourth-order valence-corrected chi connectivity index (χ4v) is 4.93. The fourth-order valence-electron chi connectivity index (χ4n) is 2.98. The summed E-state index contributed by atoms with van der Waals surface area (Å²) in [6.07, 6.45) is 2.41. The van der Waals surface area contributed by atoms with Crippen LogP contribution in [-0.4, -0.2) is 48.7 Å². The smallest absolute Gasteiger partial charge is 0.228 e. The minimum absolute atomic E-state index is 0.162. The number of aryl methyl sites for hydroxylation is 1. The number of anilines is 1. The molecular formula is C23H29N3OS2. The highest BCUT2D eigenvalue weighted by Crippen LogP contribution is 2.30. The van der Waals surface area contributed by atoms with E-state index in [9.17, 15) is 4.79 Å². The van der Waals surface area contributed by atoms with E-state index in [1.165, 1.54) is 10.5 Å². The van der Waals surface area contributed by atoms with Crippen LogP contribution in [0.3, 0.4) is 0 Å². The largest absolute Gasteiger partial charge is 0.308 e. The van der Waals surface area contributed by atoms with Gasteiger partial charge < -0.3 is 4.90 Å². The first-order chi connectivity index (χ1) is 14.1. The number of thioether (sulfide) groups is 1. The van der Waals surface area contributed by atoms with Gasteiger partial charge in [0, 0.05) is 24.4 Å². The lowest BCUT2D eigenvalue weighted by Gasteiger charge is -2.22. The second-order valence-electron chi connectivity index (χ2n) is 7.27. The Hall–Kier alpha value is -1.89. The molecule has 0 radical (unpaired) electrons. The predicted octanol–water partition coefficient (Wildman–Crippen LogP) is 5.33. The first-order valence-electron chi connectivity index (χ1n) is 10.1. The number of amides is 1. The number of rotatable bonds is 10. The quantitative estimate of drug-likeness (QED) is 0.324. The summed E-state index contributed by atoms with van der Waals surface area (Å²) in [5.41, 5.74) is 2.28. The number of thiazole rings is 1. The SMILES string of the molecule is CCc1ccc2nc(N(CCN(C)C)C(=O)CCCSc3ccccc3)sc2c1. The van der Waals surface area contributed by atoms with Gasteiger partial charge in [-0.2, -0.15) is 0 Å². The molecule has 1 aromatic heterocycles. The van der Waals surface area contributed by atoms with Crippen LogP contribution in [0.1, 0.15) is 25.3 Å². The number of carbonyl (C=O) groups excluding carboxylic acids is 1. The van der Waals surface area contributed by atoms with E-state index in [1.54, 1.807) is 23.1 Å². The van der Waals surface area contributed by atoms with Gasteiger partial charge >= 0.3 is 0 Å². The van der Waals surface area contributed by atoms with E-state index in [4.69, 9.17) is 4.98 Å². The monoisotopic (exact) mass is 427 g/mol. The Kier molecular flexibility index (Phi) is 8.09. The van der Waals surface area contributed by atoms with Gasteiger partial charge in [0.05, 0.1) is 10.2 Å². The Morgan fingerprint density at radius 1 is 1.10 bits per heavy atom. The summed E-state index contributed by atoms with van der Waals surface area (Å²) >= 11 is 3.43. The van der Waals surface area contributed by atoms with Gasteiger partial charge in [0.2, 0.25) is 5.91 Å². The Bertz CT molecular complexity index is 924. The average molecular weight is 428 g/mol. The lowest BCUT2D eigenvalue weighted by molar-refractivity contribution is -0.118. The van der Waals surface area contributed by atoms with Crippen molar-refractivity contribution in [1.82, 2.24) is 9.88 Å². The maximum absolute atomic E-state index is 13.0. The van der Waals surface area contributed by atoms with Crippen molar-refractivity contribution in [3.05, 3.63) is 54.1 Å². The summed E-state index contributed by atoms with van der Waals surface area (Å²) < 4.78 is 1.15. The zero-order valence-corrected chi connectivity index (χ0v) is 19.1. The van der Waals surface area contributed by atoms with Gasteiger partial charge in [-0.15, -0.1) is 11.8 Å². The van der Waals surface area contributed by atoms with Crippen LogP contribution in [0.2, 0.25) is 0 Å². The topological polar surface area (TPSA) is 36.4 Å². The molecule has 6 heteroatoms. The van der Waals surface area contributed by atoms with Gasteiger partial charge in [-0.05, 0) is 62.5 Å². The number of likely N-dealkylation sites (N-methyl/N-ethyl adjacent to an activating group) is 1. The molecule has 3 aromatic rings. The van der Waals surface area contributed by atoms with E-state index in [0.717, 1.165) is 40.5 Å². The Morgan fingerprint density at radius 2 is 1.90 bits per heavy atom. The van der Waals surface area contributed by atoms with Crippen LogP contribution >= 0.6 is 23.1 Å². The fraction of sp³-hybridized carbons (Fsp3) is 0.391. The summed E-state index contributed by atoms with van der Waals surface area (Å²) in [7, 11) is 4.07. The maximum atomic E-state index is 13.0. The molecule has 0 bridgehead atoms. The van der Waals surface area contributed by atoms with Crippen LogP contribution in [0.25, 0.3) is 10.2 Å². The molecule has 0 aliphatic heterocycles. The molecule has 0 atom stereocenters. The van der Waals surface area contributed by atoms with Crippen molar-refractivity contribution in [3.8, 4) is 0 Å². The first-order valence-corrected chi connectivity index (χ1v) is 11.9. The second kappa shape index (κ2) is 10.8. The summed E-state index contributed by atoms with van der Waals surface area (Å²) in [6.45, 7) is 3.64. The number of aromatic nitrogens is 1. The van der Waals surface area contributed by atoms with Crippen molar-refractivity contribution in [2.45, 2.75) is 31.1 Å². The highest BCUT2D eigenvalue weighted by molar-refractivity contribution is 7.99. The predicted molar refractivity (Wildman–Crippen MR) is 126 cm³/mol. The minimum atomic E-state index is 0.162. The Morgan fingerprint density at radius 3 is 2.62 bits per heavy atom. The molecule has 0 N–H and O–H groups in total. The van der Waals surface area contributed by atoms with Crippen molar-refractivity contribution in [3.63, 3.8) is 0 Å². The summed E-state index contributed by atoms with van der Waals surface area (Å²) in [5.74, 6) is 1.10. The highest BCUT2D eigenvalue weighted by Gasteiger charge is 2.19. The molecule has 0 unspecified atom stereocenters. The molecule has 4 nitrogen and oxygen atoms in total. The third-order valence-corrected chi connectivity index (χ3v) is 6.84. The summed E-state index contributed by atoms with van der Waals surface area (Å²) in [5, 5.41) is 0.816. The van der Waals surface area contributed by atoms with E-state index < -0.39 is 0 Å². The lowest BCUT2D eigenvalue weighted by Crippen LogP contribution is -2.36. The lowest BCUT2D eigenvalue weighted by atomic mass is 10.2. The number of hydrogen-bond donors (Lipinski definition) is 0. The number of hydrogen-bond acceptors (Lipinski definition) is 5. The van der Waals surface area contributed by atoms with E-state index in [1.807, 2.05) is 37.2 Å². The number of nitrogens with zero attached hydrogens (tertiary/aromatic N) is 3. The Balaban J connectivity index is 1.66. The molecule has 29 heavy (non-hydrogen) atoms. The summed E-state index contributed by atoms with van der Waals surface area (Å²) in [6, 6.07) is 16.7. The van der Waals surface area contributed by atoms with Crippen LogP contribution in [0.4, 0.5) is 5.13 Å². The van der Waals surface area contributed by atoms with Crippen LogP contribution < -0.4 is 4.90 Å². The standard InChI is InChI=1S/C23H29N3OS2/c1-4-18-12-13-20-21(17-18)29-23(24-20)26(15-14-25(2)3)22(27)11-8-16-28-19-9-6-5-7-10-19/h5-7,9-10,12-13,17H,4,8,11,14-16H2,1-3H3. The van der Waals surface area contributed by atoms with Crippen molar-refractivity contribution >= 4 is 44.4 Å². The van der Waals surface area contributed by atoms with Gasteiger partial charge in [-0.1, -0.05) is 42.5 Å². The molecule has 154 valence electrons. The van der Waals surface area contributed by atoms with Crippen LogP contribution in [0.15, 0.2) is 53.4 Å². The van der Waals surface area contributed by atoms with Crippen molar-refractivity contribution in [2.75, 3.05) is 37.8 Å². The van der Waals surface area contributed by atoms with E-state index in [0.29, 0.717) is 13.0 Å². The van der Waals surface area contributed by atoms with Gasteiger partial charge in [-0.3, -0.25) is 9.69 Å². The minimum Gasteiger partial charge on any atom is -0.308 e. The number of carbonyl (C=O) groups is 1. The molecule has 0 aliphatic carbocycles. The maximum Gasteiger partial charge on any atom is 0.228 e. The van der Waals surface area contributed by atoms with E-state index in [2.05, 4.69) is 42.2 Å². The van der Waals surface area contributed by atoms with Crippen molar-refractivity contribution in [1.29, 1.82) is 0 Å². The van der Waals surface area contributed by atoms with Crippen molar-refractivity contribution in [2.24, 2.45) is 0 Å². The zero-order valence-electron chi connectivity index (χ0n) is 17.4. The molecule has 0 saturated heterocycles. The van der Waals surface area contributed by atoms with Gasteiger partial charge in [-0.25, -0.2) is 4.98 Å². The summed E-state index contributed by atoms with van der Waals surface area (Å²) in [4.78, 5) is 23.0. The molecule has 1 amide bonds. The molecule has 1 heterocycles. The second-order valence-corrected chi connectivity index (χ2v) is 9.44. The van der Waals surface area contributed by atoms with E-state index in [-0.39, 0.29) is 5.91 Å². The molecule has 2 aromatic carbocycles. The Labute approximate surface area is 181 Å². The molecule has 0 aliphatic rings. The normalized spacial score (nSPS) is 11.3. The number of benzene rings is 2. The third-order valence-electron chi connectivity index (χ3n) is 4.70. The van der Waals surface area contributed by atoms with Gasteiger partial charge in [0.25, 0.3) is 0 Å². The van der Waals surface area contributed by atoms with Crippen LogP contribution in [0.5, 0.6) is 0 Å². The van der Waals surface area contributed by atoms with Crippen LogP contribution in [0, 0.1) is 0 Å². The highest BCUT2D eigenvalue weighted by atomic mass is 32.2. The average Bonchev–Trinajstić information content (AvgIpc) is 3.14. The number of fused-ring (bicyclic) bond motifs is 1. The van der Waals surface area contributed by atoms with Crippen molar-refractivity contribution < 1.29 is 4.79 Å². The molecule has 0 saturated carbocycles. The van der Waals surface area contributed by atoms with Gasteiger partial charge in [0.15, 0.2) is 5.13 Å². The van der Waals surface area contributed by atoms with Gasteiger partial charge in [0.1, 0.15) is 0 Å². The molecule has 0 fully saturated rings. The zero-order chi connectivity index (χ0) is 20.6. The van der Waals surface area contributed by atoms with Crippen LogP contribution in [-0.2, 0) is 11.2 Å². The first kappa shape index (κ1) is 21.8. The van der Waals surface area contributed by atoms with E-state index >= 15 is 0 Å².